The van der Waals surface area contributed by atoms with Crippen molar-refractivity contribution in [3.05, 3.63) is 69.4 Å². The summed E-state index contributed by atoms with van der Waals surface area (Å²) in [6.45, 7) is 4.07. The molecular formula is C17H17BrFN. The average molecular weight is 334 g/mol. The number of hydrogen-bond acceptors (Lipinski definition) is 1. The first-order valence-electron chi connectivity index (χ1n) is 6.81. The van der Waals surface area contributed by atoms with Gasteiger partial charge < -0.3 is 5.32 Å². The van der Waals surface area contributed by atoms with Crippen molar-refractivity contribution in [2.24, 2.45) is 0 Å². The van der Waals surface area contributed by atoms with Crippen LogP contribution >= 0.6 is 15.9 Å². The molecule has 1 N–H and O–H groups in total. The van der Waals surface area contributed by atoms with E-state index in [0.29, 0.717) is 0 Å². The van der Waals surface area contributed by atoms with E-state index < -0.39 is 0 Å². The molecule has 0 unspecified atom stereocenters. The van der Waals surface area contributed by atoms with Crippen molar-refractivity contribution < 1.29 is 4.39 Å². The largest absolute Gasteiger partial charge is 0.315 e. The fourth-order valence-corrected chi connectivity index (χ4v) is 3.35. The quantitative estimate of drug-likeness (QED) is 0.895. The van der Waals surface area contributed by atoms with Crippen LogP contribution in [0.1, 0.15) is 16.7 Å². The van der Waals surface area contributed by atoms with Crippen LogP contribution in [-0.4, -0.2) is 13.1 Å². The van der Waals surface area contributed by atoms with Crippen LogP contribution in [0.5, 0.6) is 0 Å². The van der Waals surface area contributed by atoms with Gasteiger partial charge in [-0.05, 0) is 36.6 Å². The molecule has 0 bridgehead atoms. The molecule has 0 amide bonds. The van der Waals surface area contributed by atoms with Crippen LogP contribution in [0, 0.1) is 12.7 Å². The van der Waals surface area contributed by atoms with Crippen molar-refractivity contribution in [1.82, 2.24) is 5.32 Å². The summed E-state index contributed by atoms with van der Waals surface area (Å²) in [5, 5.41) is 3.38. The lowest BCUT2D eigenvalue weighted by Crippen LogP contribution is -2.58. The van der Waals surface area contributed by atoms with E-state index in [-0.39, 0.29) is 11.2 Å². The van der Waals surface area contributed by atoms with Crippen molar-refractivity contribution in [3.8, 4) is 0 Å². The second-order valence-corrected chi connectivity index (χ2v) is 6.52. The molecule has 1 aliphatic heterocycles. The zero-order chi connectivity index (χ0) is 14.2. The van der Waals surface area contributed by atoms with Gasteiger partial charge in [0, 0.05) is 23.0 Å². The topological polar surface area (TPSA) is 12.0 Å². The first-order valence-corrected chi connectivity index (χ1v) is 7.60. The summed E-state index contributed by atoms with van der Waals surface area (Å²) < 4.78 is 14.1. The van der Waals surface area contributed by atoms with E-state index >= 15 is 0 Å². The Bertz CT molecular complexity index is 635. The van der Waals surface area contributed by atoms with Crippen molar-refractivity contribution in [2.45, 2.75) is 18.8 Å². The number of halogens is 2. The number of rotatable bonds is 3. The van der Waals surface area contributed by atoms with E-state index in [0.717, 1.165) is 29.5 Å². The normalized spacial score (nSPS) is 16.8. The number of nitrogens with one attached hydrogen (secondary N) is 1. The Labute approximate surface area is 127 Å². The molecule has 1 aliphatic rings. The summed E-state index contributed by atoms with van der Waals surface area (Å²) >= 11 is 3.48. The second kappa shape index (κ2) is 5.30. The minimum absolute atomic E-state index is 0.131. The Morgan fingerprint density at radius 2 is 2.00 bits per heavy atom. The predicted molar refractivity (Wildman–Crippen MR) is 83.5 cm³/mol. The van der Waals surface area contributed by atoms with Gasteiger partial charge in [-0.25, -0.2) is 4.39 Å². The molecule has 2 aromatic rings. The molecule has 2 aromatic carbocycles. The highest BCUT2D eigenvalue weighted by atomic mass is 79.9. The Morgan fingerprint density at radius 1 is 1.20 bits per heavy atom. The molecule has 3 heteroatoms. The van der Waals surface area contributed by atoms with Crippen molar-refractivity contribution in [1.29, 1.82) is 0 Å². The van der Waals surface area contributed by atoms with Gasteiger partial charge in [0.25, 0.3) is 0 Å². The van der Waals surface area contributed by atoms with Crippen LogP contribution in [-0.2, 0) is 11.8 Å². The molecule has 104 valence electrons. The van der Waals surface area contributed by atoms with Gasteiger partial charge in [0.2, 0.25) is 0 Å². The maximum Gasteiger partial charge on any atom is 0.124 e. The van der Waals surface area contributed by atoms with Crippen molar-refractivity contribution >= 4 is 15.9 Å². The molecule has 20 heavy (non-hydrogen) atoms. The summed E-state index contributed by atoms with van der Waals surface area (Å²) in [5.74, 6) is -0.197. The second-order valence-electron chi connectivity index (χ2n) is 5.67. The summed E-state index contributed by atoms with van der Waals surface area (Å²) in [6, 6.07) is 13.7. The standard InChI is InChI=1S/C17H17BrFN/c1-12-3-2-4-14(7-12)17(10-20-11-17)9-13-5-6-15(19)8-16(13)18/h2-8,20H,9-11H2,1H3. The zero-order valence-electron chi connectivity index (χ0n) is 11.4. The molecular weight excluding hydrogens is 317 g/mol. The number of hydrogen-bond donors (Lipinski definition) is 1. The molecule has 0 aliphatic carbocycles. The Balaban J connectivity index is 1.94. The molecule has 0 atom stereocenters. The zero-order valence-corrected chi connectivity index (χ0v) is 13.0. The molecule has 1 saturated heterocycles. The SMILES string of the molecule is Cc1cccc(C2(Cc3ccc(F)cc3Br)CNC2)c1. The molecule has 0 spiro atoms. The van der Waals surface area contributed by atoms with Gasteiger partial charge in [-0.2, -0.15) is 0 Å². The molecule has 1 nitrogen and oxygen atoms in total. The van der Waals surface area contributed by atoms with Crippen LogP contribution in [0.25, 0.3) is 0 Å². The van der Waals surface area contributed by atoms with Gasteiger partial charge in [-0.3, -0.25) is 0 Å². The highest BCUT2D eigenvalue weighted by Crippen LogP contribution is 2.35. The van der Waals surface area contributed by atoms with E-state index in [1.165, 1.54) is 17.2 Å². The van der Waals surface area contributed by atoms with Gasteiger partial charge in [0.15, 0.2) is 0 Å². The third kappa shape index (κ3) is 2.52. The van der Waals surface area contributed by atoms with Crippen LogP contribution in [0.3, 0.4) is 0 Å². The molecule has 0 aromatic heterocycles. The lowest BCUT2D eigenvalue weighted by Gasteiger charge is -2.44. The van der Waals surface area contributed by atoms with E-state index in [1.54, 1.807) is 6.07 Å². The maximum atomic E-state index is 13.2. The van der Waals surface area contributed by atoms with E-state index in [1.807, 2.05) is 6.07 Å². The molecule has 0 radical (unpaired) electrons. The monoisotopic (exact) mass is 333 g/mol. The summed E-state index contributed by atoms with van der Waals surface area (Å²) in [7, 11) is 0. The van der Waals surface area contributed by atoms with Crippen LogP contribution in [0.2, 0.25) is 0 Å². The maximum absolute atomic E-state index is 13.2. The Kier molecular flexibility index (Phi) is 3.65. The summed E-state index contributed by atoms with van der Waals surface area (Å²) in [5.41, 5.74) is 3.95. The average Bonchev–Trinajstić information content (AvgIpc) is 2.36. The lowest BCUT2D eigenvalue weighted by molar-refractivity contribution is 0.274. The van der Waals surface area contributed by atoms with Gasteiger partial charge in [0.05, 0.1) is 0 Å². The van der Waals surface area contributed by atoms with Gasteiger partial charge in [-0.1, -0.05) is 51.8 Å². The van der Waals surface area contributed by atoms with Gasteiger partial charge in [-0.15, -0.1) is 0 Å². The van der Waals surface area contributed by atoms with Crippen LogP contribution < -0.4 is 5.32 Å². The van der Waals surface area contributed by atoms with Crippen molar-refractivity contribution in [3.63, 3.8) is 0 Å². The molecule has 3 rings (SSSR count). The van der Waals surface area contributed by atoms with E-state index in [9.17, 15) is 4.39 Å². The van der Waals surface area contributed by atoms with E-state index in [4.69, 9.17) is 0 Å². The highest BCUT2D eigenvalue weighted by Gasteiger charge is 2.39. The van der Waals surface area contributed by atoms with Gasteiger partial charge >= 0.3 is 0 Å². The Morgan fingerprint density at radius 3 is 2.60 bits per heavy atom. The predicted octanol–water partition coefficient (Wildman–Crippen LogP) is 3.98. The van der Waals surface area contributed by atoms with Crippen molar-refractivity contribution in [2.75, 3.05) is 13.1 Å². The third-order valence-corrected chi connectivity index (χ3v) is 4.84. The van der Waals surface area contributed by atoms with E-state index in [2.05, 4.69) is 52.4 Å². The first kappa shape index (κ1) is 13.8. The minimum atomic E-state index is -0.197. The number of benzene rings is 2. The lowest BCUT2D eigenvalue weighted by atomic mass is 9.71. The first-order chi connectivity index (χ1) is 9.59. The summed E-state index contributed by atoms with van der Waals surface area (Å²) in [4.78, 5) is 0. The third-order valence-electron chi connectivity index (χ3n) is 4.10. The van der Waals surface area contributed by atoms with Crippen LogP contribution in [0.4, 0.5) is 4.39 Å². The number of aryl methyl sites for hydroxylation is 1. The van der Waals surface area contributed by atoms with Crippen LogP contribution in [0.15, 0.2) is 46.9 Å². The highest BCUT2D eigenvalue weighted by molar-refractivity contribution is 9.10. The molecule has 1 heterocycles. The summed E-state index contributed by atoms with van der Waals surface area (Å²) in [6.07, 6.45) is 0.921. The minimum Gasteiger partial charge on any atom is -0.315 e. The molecule has 0 saturated carbocycles. The smallest absolute Gasteiger partial charge is 0.124 e. The Hall–Kier alpha value is -1.19. The molecule has 1 fully saturated rings. The van der Waals surface area contributed by atoms with Gasteiger partial charge in [0.1, 0.15) is 5.82 Å². The fraction of sp³-hybridized carbons (Fsp3) is 0.294. The fourth-order valence-electron chi connectivity index (χ4n) is 2.86.